The van der Waals surface area contributed by atoms with Crippen molar-refractivity contribution in [2.75, 3.05) is 0 Å². The number of benzene rings is 1. The van der Waals surface area contributed by atoms with Crippen LogP contribution >= 0.6 is 0 Å². The second-order valence-electron chi connectivity index (χ2n) is 2.94. The summed E-state index contributed by atoms with van der Waals surface area (Å²) in [5.74, 6) is -1.85. The van der Waals surface area contributed by atoms with Crippen molar-refractivity contribution in [2.45, 2.75) is 11.8 Å². The van der Waals surface area contributed by atoms with Crippen LogP contribution in [0.5, 0.6) is 0 Å². The first-order chi connectivity index (χ1) is 6.80. The Hall–Kier alpha value is -1.56. The number of alkyl halides is 3. The van der Waals surface area contributed by atoms with E-state index in [0.717, 1.165) is 12.1 Å². The zero-order valence-electron chi connectivity index (χ0n) is 7.45. The van der Waals surface area contributed by atoms with Gasteiger partial charge in [0.05, 0.1) is 0 Å². The highest BCUT2D eigenvalue weighted by atomic mass is 19.4. The number of hydrogen-bond donors (Lipinski definition) is 2. The Kier molecular flexibility index (Phi) is 2.72. The first-order valence-corrected chi connectivity index (χ1v) is 3.94. The summed E-state index contributed by atoms with van der Waals surface area (Å²) in [5.41, 5.74) is 0.357. The summed E-state index contributed by atoms with van der Waals surface area (Å²) in [6.45, 7) is 0. The topological polar surface area (TPSA) is 63.3 Å². The lowest BCUT2D eigenvalue weighted by Gasteiger charge is -2.27. The van der Waals surface area contributed by atoms with E-state index in [1.54, 1.807) is 0 Å². The molecule has 1 atom stereocenters. The lowest BCUT2D eigenvalue weighted by molar-refractivity contribution is -0.255. The number of aliphatic hydroxyl groups is 1. The summed E-state index contributed by atoms with van der Waals surface area (Å²) in [6, 6.07) is 5.97. The SMILES string of the molecule is NC(=O)C(O)(c1ccccc1)C(F)(F)F. The Morgan fingerprint density at radius 1 is 1.20 bits per heavy atom. The van der Waals surface area contributed by atoms with Crippen LogP contribution in [0.25, 0.3) is 0 Å². The van der Waals surface area contributed by atoms with Crippen LogP contribution in [0.1, 0.15) is 5.56 Å². The van der Waals surface area contributed by atoms with Crippen molar-refractivity contribution < 1.29 is 23.1 Å². The van der Waals surface area contributed by atoms with Crippen molar-refractivity contribution >= 4 is 5.91 Å². The third kappa shape index (κ3) is 1.80. The Morgan fingerprint density at radius 3 is 2.00 bits per heavy atom. The summed E-state index contributed by atoms with van der Waals surface area (Å²) < 4.78 is 37.5. The maximum absolute atomic E-state index is 12.5. The largest absolute Gasteiger partial charge is 0.430 e. The van der Waals surface area contributed by atoms with Crippen molar-refractivity contribution in [1.82, 2.24) is 0 Å². The molecule has 0 bridgehead atoms. The lowest BCUT2D eigenvalue weighted by atomic mass is 9.92. The Bertz CT molecular complexity index is 363. The molecule has 15 heavy (non-hydrogen) atoms. The number of carbonyl (C=O) groups is 1. The first kappa shape index (κ1) is 11.5. The molecule has 1 rings (SSSR count). The highest BCUT2D eigenvalue weighted by Gasteiger charge is 2.59. The Morgan fingerprint density at radius 2 is 1.67 bits per heavy atom. The highest BCUT2D eigenvalue weighted by molar-refractivity contribution is 5.85. The van der Waals surface area contributed by atoms with E-state index in [4.69, 9.17) is 0 Å². The van der Waals surface area contributed by atoms with E-state index in [0.29, 0.717) is 0 Å². The molecule has 3 nitrogen and oxygen atoms in total. The molecule has 0 heterocycles. The van der Waals surface area contributed by atoms with E-state index in [-0.39, 0.29) is 0 Å². The average Bonchev–Trinajstić information content (AvgIpc) is 2.16. The van der Waals surface area contributed by atoms with Gasteiger partial charge in [0.1, 0.15) is 0 Å². The second kappa shape index (κ2) is 3.54. The van der Waals surface area contributed by atoms with E-state index >= 15 is 0 Å². The fourth-order valence-corrected chi connectivity index (χ4v) is 1.12. The minimum atomic E-state index is -5.14. The number of primary amides is 1. The van der Waals surface area contributed by atoms with E-state index in [1.807, 2.05) is 0 Å². The van der Waals surface area contributed by atoms with Gasteiger partial charge in [0.25, 0.3) is 11.5 Å². The number of nitrogens with two attached hydrogens (primary N) is 1. The van der Waals surface area contributed by atoms with Gasteiger partial charge in [0.15, 0.2) is 0 Å². The molecule has 0 fully saturated rings. The van der Waals surface area contributed by atoms with Gasteiger partial charge in [0.2, 0.25) is 0 Å². The summed E-state index contributed by atoms with van der Waals surface area (Å²) in [4.78, 5) is 10.7. The maximum Gasteiger partial charge on any atom is 0.430 e. The Balaban J connectivity index is 3.32. The third-order valence-electron chi connectivity index (χ3n) is 1.96. The summed E-state index contributed by atoms with van der Waals surface area (Å²) >= 11 is 0. The minimum Gasteiger partial charge on any atom is -0.369 e. The molecule has 0 aliphatic heterocycles. The second-order valence-corrected chi connectivity index (χ2v) is 2.94. The van der Waals surface area contributed by atoms with Crippen LogP contribution < -0.4 is 5.73 Å². The lowest BCUT2D eigenvalue weighted by Crippen LogP contribution is -2.52. The molecule has 0 saturated carbocycles. The quantitative estimate of drug-likeness (QED) is 0.776. The maximum atomic E-state index is 12.5. The standard InChI is InChI=1S/C9H8F3NO2/c10-9(11,12)8(15,7(13)14)6-4-2-1-3-5-6/h1-5,15H,(H2,13,14). The van der Waals surface area contributed by atoms with E-state index < -0.39 is 23.2 Å². The predicted octanol–water partition coefficient (Wildman–Crippen LogP) is 0.922. The summed E-state index contributed by atoms with van der Waals surface area (Å²) in [5, 5.41) is 9.30. The molecule has 6 heteroatoms. The van der Waals surface area contributed by atoms with Crippen LogP contribution in [0.2, 0.25) is 0 Å². The van der Waals surface area contributed by atoms with Crippen LogP contribution in [0, 0.1) is 0 Å². The van der Waals surface area contributed by atoms with Gasteiger partial charge in [-0.15, -0.1) is 0 Å². The molecule has 1 aromatic carbocycles. The van der Waals surface area contributed by atoms with Crippen molar-refractivity contribution in [3.8, 4) is 0 Å². The first-order valence-electron chi connectivity index (χ1n) is 3.94. The molecule has 0 aliphatic carbocycles. The summed E-state index contributed by atoms with van der Waals surface area (Å²) in [6.07, 6.45) is -5.14. The third-order valence-corrected chi connectivity index (χ3v) is 1.96. The van der Waals surface area contributed by atoms with Crippen LogP contribution in [-0.4, -0.2) is 17.2 Å². The predicted molar refractivity (Wildman–Crippen MR) is 45.6 cm³/mol. The summed E-state index contributed by atoms with van der Waals surface area (Å²) in [7, 11) is 0. The number of hydrogen-bond acceptors (Lipinski definition) is 2. The molecule has 0 aliphatic rings. The number of amides is 1. The van der Waals surface area contributed by atoms with Gasteiger partial charge in [-0.25, -0.2) is 0 Å². The fraction of sp³-hybridized carbons (Fsp3) is 0.222. The number of carbonyl (C=O) groups excluding carboxylic acids is 1. The van der Waals surface area contributed by atoms with Crippen molar-refractivity contribution in [1.29, 1.82) is 0 Å². The van der Waals surface area contributed by atoms with Gasteiger partial charge in [0, 0.05) is 5.56 Å². The smallest absolute Gasteiger partial charge is 0.369 e. The van der Waals surface area contributed by atoms with Crippen molar-refractivity contribution in [2.24, 2.45) is 5.73 Å². The molecule has 0 spiro atoms. The molecule has 1 unspecified atom stereocenters. The molecule has 3 N–H and O–H groups in total. The zero-order chi connectivity index (χ0) is 11.7. The Labute approximate surface area is 83.3 Å². The van der Waals surface area contributed by atoms with Gasteiger partial charge in [-0.3, -0.25) is 4.79 Å². The number of halogens is 3. The molecule has 1 aromatic rings. The highest BCUT2D eigenvalue weighted by Crippen LogP contribution is 2.38. The van der Waals surface area contributed by atoms with Crippen molar-refractivity contribution in [3.05, 3.63) is 35.9 Å². The molecular weight excluding hydrogens is 211 g/mol. The van der Waals surface area contributed by atoms with Crippen LogP contribution in [0.4, 0.5) is 13.2 Å². The van der Waals surface area contributed by atoms with Gasteiger partial charge in [-0.05, 0) is 0 Å². The van der Waals surface area contributed by atoms with Gasteiger partial charge < -0.3 is 10.8 Å². The zero-order valence-corrected chi connectivity index (χ0v) is 7.45. The van der Waals surface area contributed by atoms with Crippen LogP contribution in [-0.2, 0) is 10.4 Å². The molecular formula is C9H8F3NO2. The van der Waals surface area contributed by atoms with E-state index in [2.05, 4.69) is 5.73 Å². The van der Waals surface area contributed by atoms with Crippen LogP contribution in [0.15, 0.2) is 30.3 Å². The van der Waals surface area contributed by atoms with Crippen molar-refractivity contribution in [3.63, 3.8) is 0 Å². The molecule has 82 valence electrons. The molecule has 0 saturated heterocycles. The van der Waals surface area contributed by atoms with Gasteiger partial charge in [-0.2, -0.15) is 13.2 Å². The molecule has 0 aromatic heterocycles. The molecule has 0 radical (unpaired) electrons. The minimum absolute atomic E-state index is 0.593. The fourth-order valence-electron chi connectivity index (χ4n) is 1.12. The normalized spacial score (nSPS) is 15.7. The number of rotatable bonds is 2. The molecule has 1 amide bonds. The van der Waals surface area contributed by atoms with Gasteiger partial charge in [-0.1, -0.05) is 30.3 Å². The average molecular weight is 219 g/mol. The monoisotopic (exact) mass is 219 g/mol. The van der Waals surface area contributed by atoms with E-state index in [9.17, 15) is 23.1 Å². The van der Waals surface area contributed by atoms with Gasteiger partial charge >= 0.3 is 6.18 Å². The van der Waals surface area contributed by atoms with E-state index in [1.165, 1.54) is 18.2 Å². The van der Waals surface area contributed by atoms with Crippen LogP contribution in [0.3, 0.4) is 0 Å².